The van der Waals surface area contributed by atoms with Crippen molar-refractivity contribution < 1.29 is 13.6 Å². The van der Waals surface area contributed by atoms with E-state index in [9.17, 15) is 13.6 Å². The molecule has 1 amide bonds. The van der Waals surface area contributed by atoms with Crippen LogP contribution in [0.25, 0.3) is 0 Å². The molecule has 2 aromatic rings. The molecule has 1 unspecified atom stereocenters. The van der Waals surface area contributed by atoms with Crippen molar-refractivity contribution in [2.45, 2.75) is 13.0 Å². The number of hydrogen-bond donors (Lipinski definition) is 1. The maximum Gasteiger partial charge on any atom is 0.251 e. The second-order valence-corrected chi connectivity index (χ2v) is 5.75. The summed E-state index contributed by atoms with van der Waals surface area (Å²) in [5.41, 5.74) is 0.429. The summed E-state index contributed by atoms with van der Waals surface area (Å²) in [5, 5.41) is 3.00. The molecule has 0 heterocycles. The van der Waals surface area contributed by atoms with E-state index in [2.05, 4.69) is 21.2 Å². The van der Waals surface area contributed by atoms with Crippen LogP contribution in [0.3, 0.4) is 0 Å². The molecular formula is C15H11BrClF2NO. The lowest BCUT2D eigenvalue weighted by Gasteiger charge is -2.15. The van der Waals surface area contributed by atoms with E-state index >= 15 is 0 Å². The standard InChI is InChI=1S/C15H11BrClF2NO/c1-8(11-7-10(18)3-5-14(11)19)20-15(21)9-2-4-12(16)13(17)6-9/h2-8H,1H3,(H,20,21). The summed E-state index contributed by atoms with van der Waals surface area (Å²) in [4.78, 5) is 12.1. The number of benzene rings is 2. The third-order valence-corrected chi connectivity index (χ3v) is 4.19. The Morgan fingerprint density at radius 1 is 1.24 bits per heavy atom. The van der Waals surface area contributed by atoms with Gasteiger partial charge in [0.1, 0.15) is 11.6 Å². The highest BCUT2D eigenvalue weighted by molar-refractivity contribution is 9.10. The van der Waals surface area contributed by atoms with Gasteiger partial charge in [0.25, 0.3) is 5.91 Å². The third-order valence-electron chi connectivity index (χ3n) is 2.95. The van der Waals surface area contributed by atoms with Crippen LogP contribution in [-0.2, 0) is 0 Å². The van der Waals surface area contributed by atoms with Crippen LogP contribution in [-0.4, -0.2) is 5.91 Å². The van der Waals surface area contributed by atoms with E-state index in [1.807, 2.05) is 0 Å². The lowest BCUT2D eigenvalue weighted by Crippen LogP contribution is -2.27. The van der Waals surface area contributed by atoms with Crippen LogP contribution >= 0.6 is 27.5 Å². The number of nitrogens with one attached hydrogen (secondary N) is 1. The first-order valence-electron chi connectivity index (χ1n) is 6.09. The second kappa shape index (κ2) is 6.54. The van der Waals surface area contributed by atoms with E-state index in [1.165, 1.54) is 6.07 Å². The lowest BCUT2D eigenvalue weighted by atomic mass is 10.1. The van der Waals surface area contributed by atoms with Gasteiger partial charge in [-0.05, 0) is 59.3 Å². The molecule has 1 N–H and O–H groups in total. The number of carbonyl (C=O) groups excluding carboxylic acids is 1. The van der Waals surface area contributed by atoms with Gasteiger partial charge in [0.2, 0.25) is 0 Å². The summed E-state index contributed by atoms with van der Waals surface area (Å²) in [6.07, 6.45) is 0. The highest BCUT2D eigenvalue weighted by Crippen LogP contribution is 2.24. The first-order chi connectivity index (χ1) is 9.88. The van der Waals surface area contributed by atoms with E-state index in [1.54, 1.807) is 19.1 Å². The molecule has 0 radical (unpaired) electrons. The first-order valence-corrected chi connectivity index (χ1v) is 7.26. The van der Waals surface area contributed by atoms with Gasteiger partial charge in [0, 0.05) is 15.6 Å². The van der Waals surface area contributed by atoms with Gasteiger partial charge in [-0.3, -0.25) is 4.79 Å². The third kappa shape index (κ3) is 3.80. The molecule has 1 atom stereocenters. The van der Waals surface area contributed by atoms with E-state index in [4.69, 9.17) is 11.6 Å². The highest BCUT2D eigenvalue weighted by Gasteiger charge is 2.16. The van der Waals surface area contributed by atoms with Gasteiger partial charge < -0.3 is 5.32 Å². The summed E-state index contributed by atoms with van der Waals surface area (Å²) in [5.74, 6) is -1.54. The largest absolute Gasteiger partial charge is 0.345 e. The molecule has 0 aliphatic carbocycles. The molecule has 0 saturated heterocycles. The van der Waals surface area contributed by atoms with Gasteiger partial charge in [-0.25, -0.2) is 8.78 Å². The van der Waals surface area contributed by atoms with E-state index < -0.39 is 23.6 Å². The van der Waals surface area contributed by atoms with Gasteiger partial charge in [-0.1, -0.05) is 11.6 Å². The number of rotatable bonds is 3. The van der Waals surface area contributed by atoms with Crippen molar-refractivity contribution in [1.29, 1.82) is 0 Å². The normalized spacial score (nSPS) is 12.0. The SMILES string of the molecule is CC(NC(=O)c1ccc(Br)c(Cl)c1)c1cc(F)ccc1F. The maximum atomic E-state index is 13.6. The minimum absolute atomic E-state index is 0.0894. The average Bonchev–Trinajstić information content (AvgIpc) is 2.44. The molecule has 0 saturated carbocycles. The second-order valence-electron chi connectivity index (χ2n) is 4.49. The Labute approximate surface area is 134 Å². The molecule has 110 valence electrons. The lowest BCUT2D eigenvalue weighted by molar-refractivity contribution is 0.0939. The zero-order valence-electron chi connectivity index (χ0n) is 11.0. The molecule has 0 aliphatic heterocycles. The molecule has 0 fully saturated rings. The first kappa shape index (κ1) is 15.9. The molecule has 21 heavy (non-hydrogen) atoms. The van der Waals surface area contributed by atoms with Gasteiger partial charge in [-0.15, -0.1) is 0 Å². The van der Waals surface area contributed by atoms with Crippen LogP contribution in [0.15, 0.2) is 40.9 Å². The topological polar surface area (TPSA) is 29.1 Å². The molecule has 2 nitrogen and oxygen atoms in total. The number of carbonyl (C=O) groups is 1. The molecule has 2 aromatic carbocycles. The monoisotopic (exact) mass is 373 g/mol. The molecular weight excluding hydrogens is 364 g/mol. The predicted octanol–water partition coefficient (Wildman–Crippen LogP) is 4.87. The fourth-order valence-corrected chi connectivity index (χ4v) is 2.27. The Kier molecular flexibility index (Phi) is 4.96. The summed E-state index contributed by atoms with van der Waals surface area (Å²) in [6, 6.07) is 7.18. The van der Waals surface area contributed by atoms with Gasteiger partial charge >= 0.3 is 0 Å². The minimum Gasteiger partial charge on any atom is -0.345 e. The molecule has 6 heteroatoms. The van der Waals surface area contributed by atoms with E-state index in [-0.39, 0.29) is 5.56 Å². The van der Waals surface area contributed by atoms with Crippen LogP contribution in [0.4, 0.5) is 8.78 Å². The number of hydrogen-bond acceptors (Lipinski definition) is 1. The quantitative estimate of drug-likeness (QED) is 0.816. The summed E-state index contributed by atoms with van der Waals surface area (Å²) < 4.78 is 27.5. The Morgan fingerprint density at radius 2 is 1.95 bits per heavy atom. The molecule has 0 bridgehead atoms. The smallest absolute Gasteiger partial charge is 0.251 e. The maximum absolute atomic E-state index is 13.6. The van der Waals surface area contributed by atoms with Crippen molar-refractivity contribution in [1.82, 2.24) is 5.32 Å². The molecule has 0 aliphatic rings. The van der Waals surface area contributed by atoms with E-state index in [0.717, 1.165) is 18.2 Å². The highest BCUT2D eigenvalue weighted by atomic mass is 79.9. The Bertz CT molecular complexity index is 693. The van der Waals surface area contributed by atoms with Gasteiger partial charge in [0.05, 0.1) is 11.1 Å². The Hall–Kier alpha value is -1.46. The van der Waals surface area contributed by atoms with Crippen LogP contribution < -0.4 is 5.32 Å². The average molecular weight is 375 g/mol. The summed E-state index contributed by atoms with van der Waals surface area (Å²) >= 11 is 9.15. The molecule has 0 aromatic heterocycles. The van der Waals surface area contributed by atoms with Crippen molar-refractivity contribution in [3.8, 4) is 0 Å². The van der Waals surface area contributed by atoms with Crippen molar-refractivity contribution >= 4 is 33.4 Å². The predicted molar refractivity (Wildman–Crippen MR) is 81.4 cm³/mol. The fraction of sp³-hybridized carbons (Fsp3) is 0.133. The van der Waals surface area contributed by atoms with Crippen molar-refractivity contribution in [3.63, 3.8) is 0 Å². The summed E-state index contributed by atoms with van der Waals surface area (Å²) in [6.45, 7) is 1.58. The minimum atomic E-state index is -0.671. The zero-order valence-corrected chi connectivity index (χ0v) is 13.3. The van der Waals surface area contributed by atoms with Crippen molar-refractivity contribution in [2.75, 3.05) is 0 Å². The Balaban J connectivity index is 2.18. The van der Waals surface area contributed by atoms with E-state index in [0.29, 0.717) is 15.1 Å². The summed E-state index contributed by atoms with van der Waals surface area (Å²) in [7, 11) is 0. The van der Waals surface area contributed by atoms with Crippen molar-refractivity contribution in [2.24, 2.45) is 0 Å². The zero-order chi connectivity index (χ0) is 15.6. The van der Waals surface area contributed by atoms with Crippen LogP contribution in [0.1, 0.15) is 28.9 Å². The van der Waals surface area contributed by atoms with Crippen molar-refractivity contribution in [3.05, 3.63) is 68.7 Å². The van der Waals surface area contributed by atoms with Gasteiger partial charge in [0.15, 0.2) is 0 Å². The number of amides is 1. The van der Waals surface area contributed by atoms with Crippen LogP contribution in [0.2, 0.25) is 5.02 Å². The van der Waals surface area contributed by atoms with Crippen LogP contribution in [0, 0.1) is 11.6 Å². The number of halogens is 4. The fourth-order valence-electron chi connectivity index (χ4n) is 1.84. The molecule has 2 rings (SSSR count). The van der Waals surface area contributed by atoms with Gasteiger partial charge in [-0.2, -0.15) is 0 Å². The van der Waals surface area contributed by atoms with Crippen LogP contribution in [0.5, 0.6) is 0 Å². The molecule has 0 spiro atoms. The Morgan fingerprint density at radius 3 is 2.62 bits per heavy atom.